The molecule has 0 bridgehead atoms. The number of hydrogen-bond donors (Lipinski definition) is 2. The van der Waals surface area contributed by atoms with Crippen LogP contribution in [0.2, 0.25) is 0 Å². The Morgan fingerprint density at radius 2 is 1.90 bits per heavy atom. The maximum absolute atomic E-state index is 13.1. The Morgan fingerprint density at radius 3 is 2.57 bits per heavy atom. The molecule has 30 heavy (non-hydrogen) atoms. The van der Waals surface area contributed by atoms with Crippen molar-refractivity contribution in [2.24, 2.45) is 0 Å². The average Bonchev–Trinajstić information content (AvgIpc) is 2.67. The zero-order valence-electron chi connectivity index (χ0n) is 16.0. The molecular weight excluding hydrogens is 456 g/mol. The lowest BCUT2D eigenvalue weighted by Crippen LogP contribution is -2.54. The molecule has 2 N–H and O–H groups in total. The standard InChI is InChI=1S/C21H17BrN2O6/c1-11-9-14(22)7-8-16(11)24-19(26)15(18(25)23-21(24)29)10-13-5-3-4-6-17(13)30-12(2)20(27)28/h3-10,12H,1-2H3,(H,27,28)(H,23,25,29)/b15-10+/t12-/m0/s1. The van der Waals surface area contributed by atoms with Crippen LogP contribution in [0.5, 0.6) is 5.75 Å². The molecule has 1 fully saturated rings. The molecule has 2 aromatic rings. The minimum absolute atomic E-state index is 0.184. The number of aliphatic carboxylic acids is 1. The minimum atomic E-state index is -1.16. The van der Waals surface area contributed by atoms with E-state index >= 15 is 0 Å². The van der Waals surface area contributed by atoms with Crippen molar-refractivity contribution in [3.8, 4) is 5.75 Å². The van der Waals surface area contributed by atoms with Gasteiger partial charge < -0.3 is 9.84 Å². The van der Waals surface area contributed by atoms with Crippen molar-refractivity contribution in [3.63, 3.8) is 0 Å². The number of benzene rings is 2. The summed E-state index contributed by atoms with van der Waals surface area (Å²) in [7, 11) is 0. The fourth-order valence-electron chi connectivity index (χ4n) is 2.85. The third kappa shape index (κ3) is 4.25. The molecule has 0 spiro atoms. The minimum Gasteiger partial charge on any atom is -0.479 e. The number of nitrogens with one attached hydrogen (secondary N) is 1. The molecule has 1 heterocycles. The number of anilines is 1. The number of amides is 4. The number of halogens is 1. The van der Waals surface area contributed by atoms with Gasteiger partial charge >= 0.3 is 12.0 Å². The SMILES string of the molecule is Cc1cc(Br)ccc1N1C(=O)NC(=O)/C(=C\c2ccccc2O[C@@H](C)C(=O)O)C1=O. The molecule has 8 nitrogen and oxygen atoms in total. The van der Waals surface area contributed by atoms with E-state index in [1.165, 1.54) is 19.1 Å². The number of barbiturate groups is 1. The molecule has 1 aliphatic rings. The highest BCUT2D eigenvalue weighted by atomic mass is 79.9. The Hall–Kier alpha value is -3.46. The molecular formula is C21H17BrN2O6. The van der Waals surface area contributed by atoms with Gasteiger partial charge in [0.15, 0.2) is 6.10 Å². The number of carboxylic acids is 1. The number of carboxylic acid groups (broad SMARTS) is 1. The first-order valence-corrected chi connectivity index (χ1v) is 9.64. The highest BCUT2D eigenvalue weighted by molar-refractivity contribution is 9.10. The van der Waals surface area contributed by atoms with Gasteiger partial charge in [-0.25, -0.2) is 14.5 Å². The second kappa shape index (κ2) is 8.50. The first-order valence-electron chi connectivity index (χ1n) is 8.85. The summed E-state index contributed by atoms with van der Waals surface area (Å²) in [5, 5.41) is 11.2. The van der Waals surface area contributed by atoms with Crippen molar-refractivity contribution in [2.75, 3.05) is 4.90 Å². The molecule has 0 aromatic heterocycles. The van der Waals surface area contributed by atoms with Gasteiger partial charge in [0.2, 0.25) is 0 Å². The number of rotatable bonds is 5. The van der Waals surface area contributed by atoms with Crippen LogP contribution in [0.25, 0.3) is 6.08 Å². The van der Waals surface area contributed by atoms with Crippen LogP contribution >= 0.6 is 15.9 Å². The zero-order chi connectivity index (χ0) is 22.0. The number of carbonyl (C=O) groups is 4. The second-order valence-corrected chi connectivity index (χ2v) is 7.44. The van der Waals surface area contributed by atoms with Gasteiger partial charge in [0, 0.05) is 10.0 Å². The van der Waals surface area contributed by atoms with Crippen LogP contribution in [0.1, 0.15) is 18.1 Å². The van der Waals surface area contributed by atoms with Crippen molar-refractivity contribution < 1.29 is 29.0 Å². The van der Waals surface area contributed by atoms with Crippen molar-refractivity contribution >= 4 is 51.5 Å². The predicted molar refractivity (Wildman–Crippen MR) is 112 cm³/mol. The van der Waals surface area contributed by atoms with Crippen LogP contribution in [-0.4, -0.2) is 35.0 Å². The predicted octanol–water partition coefficient (Wildman–Crippen LogP) is 3.28. The molecule has 1 atom stereocenters. The molecule has 0 unspecified atom stereocenters. The molecule has 0 radical (unpaired) electrons. The molecule has 154 valence electrons. The fourth-order valence-corrected chi connectivity index (χ4v) is 3.33. The summed E-state index contributed by atoms with van der Waals surface area (Å²) >= 11 is 3.33. The number of imide groups is 2. The van der Waals surface area contributed by atoms with E-state index in [2.05, 4.69) is 21.2 Å². The van der Waals surface area contributed by atoms with Gasteiger partial charge in [-0.05, 0) is 49.8 Å². The Balaban J connectivity index is 2.03. The van der Waals surface area contributed by atoms with E-state index in [4.69, 9.17) is 9.84 Å². The van der Waals surface area contributed by atoms with Gasteiger partial charge in [-0.2, -0.15) is 0 Å². The lowest BCUT2D eigenvalue weighted by atomic mass is 10.0. The van der Waals surface area contributed by atoms with E-state index in [0.29, 0.717) is 16.8 Å². The van der Waals surface area contributed by atoms with E-state index in [1.807, 2.05) is 0 Å². The number of urea groups is 1. The number of aryl methyl sites for hydroxylation is 1. The maximum Gasteiger partial charge on any atom is 0.344 e. The van der Waals surface area contributed by atoms with Crippen LogP contribution in [0, 0.1) is 6.92 Å². The summed E-state index contributed by atoms with van der Waals surface area (Å²) in [5.74, 6) is -2.62. The summed E-state index contributed by atoms with van der Waals surface area (Å²) in [6.45, 7) is 3.10. The Morgan fingerprint density at radius 1 is 1.20 bits per heavy atom. The second-order valence-electron chi connectivity index (χ2n) is 6.52. The fraction of sp³-hybridized carbons (Fsp3) is 0.143. The quantitative estimate of drug-likeness (QED) is 0.509. The first kappa shape index (κ1) is 21.3. The van der Waals surface area contributed by atoms with Gasteiger partial charge in [0.05, 0.1) is 5.69 Å². The van der Waals surface area contributed by atoms with Gasteiger partial charge in [-0.1, -0.05) is 34.1 Å². The van der Waals surface area contributed by atoms with E-state index in [9.17, 15) is 19.2 Å². The number of nitrogens with zero attached hydrogens (tertiary/aromatic N) is 1. The Kier molecular flexibility index (Phi) is 6.02. The van der Waals surface area contributed by atoms with Crippen LogP contribution in [0.15, 0.2) is 52.5 Å². The lowest BCUT2D eigenvalue weighted by Gasteiger charge is -2.27. The van der Waals surface area contributed by atoms with Crippen LogP contribution < -0.4 is 15.0 Å². The summed E-state index contributed by atoms with van der Waals surface area (Å²) < 4.78 is 6.19. The smallest absolute Gasteiger partial charge is 0.344 e. The molecule has 3 rings (SSSR count). The number of para-hydroxylation sites is 1. The topological polar surface area (TPSA) is 113 Å². The third-order valence-corrected chi connectivity index (χ3v) is 4.87. The van der Waals surface area contributed by atoms with E-state index in [0.717, 1.165) is 9.37 Å². The first-order chi connectivity index (χ1) is 14.2. The summed E-state index contributed by atoms with van der Waals surface area (Å²) in [4.78, 5) is 49.8. The molecule has 9 heteroatoms. The van der Waals surface area contributed by atoms with Gasteiger partial charge in [0.1, 0.15) is 11.3 Å². The molecule has 4 amide bonds. The normalized spacial score (nSPS) is 16.4. The van der Waals surface area contributed by atoms with Crippen molar-refractivity contribution in [1.29, 1.82) is 0 Å². The summed E-state index contributed by atoms with van der Waals surface area (Å²) in [6, 6.07) is 10.5. The highest BCUT2D eigenvalue weighted by Crippen LogP contribution is 2.29. The maximum atomic E-state index is 13.1. The molecule has 0 aliphatic carbocycles. The molecule has 1 saturated heterocycles. The highest BCUT2D eigenvalue weighted by Gasteiger charge is 2.37. The van der Waals surface area contributed by atoms with Crippen molar-refractivity contribution in [2.45, 2.75) is 20.0 Å². The Bertz CT molecular complexity index is 1090. The molecule has 2 aromatic carbocycles. The molecule has 1 aliphatic heterocycles. The summed E-state index contributed by atoms with van der Waals surface area (Å²) in [5.41, 5.74) is 1.03. The third-order valence-electron chi connectivity index (χ3n) is 4.37. The van der Waals surface area contributed by atoms with E-state index < -0.39 is 29.9 Å². The Labute approximate surface area is 180 Å². The van der Waals surface area contributed by atoms with Crippen molar-refractivity contribution in [3.05, 3.63) is 63.6 Å². The van der Waals surface area contributed by atoms with Crippen LogP contribution in [0.4, 0.5) is 10.5 Å². The van der Waals surface area contributed by atoms with Gasteiger partial charge in [-0.3, -0.25) is 14.9 Å². The van der Waals surface area contributed by atoms with E-state index in [-0.39, 0.29) is 11.3 Å². The number of ether oxygens (including phenoxy) is 1. The van der Waals surface area contributed by atoms with Crippen LogP contribution in [0.3, 0.4) is 0 Å². The zero-order valence-corrected chi connectivity index (χ0v) is 17.6. The monoisotopic (exact) mass is 472 g/mol. The van der Waals surface area contributed by atoms with Crippen molar-refractivity contribution in [1.82, 2.24) is 5.32 Å². The number of hydrogen-bond acceptors (Lipinski definition) is 5. The summed E-state index contributed by atoms with van der Waals surface area (Å²) in [6.07, 6.45) is 0.138. The number of carbonyl (C=O) groups excluding carboxylic acids is 3. The average molecular weight is 473 g/mol. The van der Waals surface area contributed by atoms with Gasteiger partial charge in [0.25, 0.3) is 11.8 Å². The van der Waals surface area contributed by atoms with E-state index in [1.54, 1.807) is 43.3 Å². The van der Waals surface area contributed by atoms with Gasteiger partial charge in [-0.15, -0.1) is 0 Å². The van der Waals surface area contributed by atoms with Crippen LogP contribution in [-0.2, 0) is 14.4 Å². The largest absolute Gasteiger partial charge is 0.479 e. The molecule has 0 saturated carbocycles. The lowest BCUT2D eigenvalue weighted by molar-refractivity contribution is -0.144.